The average molecular weight is 251 g/mol. The molecule has 0 aliphatic heterocycles. The van der Waals surface area contributed by atoms with Crippen molar-refractivity contribution >= 4 is 11.9 Å². The molecule has 0 spiro atoms. The molecule has 0 aromatic carbocycles. The molecule has 3 saturated carbocycles. The molecule has 4 nitrogen and oxygen atoms in total. The van der Waals surface area contributed by atoms with Crippen molar-refractivity contribution in [3.05, 3.63) is 0 Å². The summed E-state index contributed by atoms with van der Waals surface area (Å²) in [6.07, 6.45) is 7.51. The van der Waals surface area contributed by atoms with Crippen LogP contribution in [0.2, 0.25) is 0 Å². The second kappa shape index (κ2) is 4.25. The molecular formula is C14H21NO3. The summed E-state index contributed by atoms with van der Waals surface area (Å²) < 4.78 is 0. The van der Waals surface area contributed by atoms with Crippen molar-refractivity contribution in [1.82, 2.24) is 5.32 Å². The van der Waals surface area contributed by atoms with Crippen LogP contribution in [0.4, 0.5) is 0 Å². The number of fused-ring (bicyclic) bond motifs is 2. The van der Waals surface area contributed by atoms with E-state index in [-0.39, 0.29) is 5.91 Å². The van der Waals surface area contributed by atoms with Crippen LogP contribution in [-0.2, 0) is 9.59 Å². The Labute approximate surface area is 107 Å². The molecule has 18 heavy (non-hydrogen) atoms. The zero-order valence-electron chi connectivity index (χ0n) is 10.7. The number of rotatable bonds is 5. The summed E-state index contributed by atoms with van der Waals surface area (Å²) in [6, 6.07) is 0. The van der Waals surface area contributed by atoms with Gasteiger partial charge in [-0.05, 0) is 56.3 Å². The van der Waals surface area contributed by atoms with Crippen LogP contribution in [0.1, 0.15) is 44.9 Å². The summed E-state index contributed by atoms with van der Waals surface area (Å²) in [5.74, 6) is 1.35. The Morgan fingerprint density at radius 1 is 1.22 bits per heavy atom. The van der Waals surface area contributed by atoms with Crippen LogP contribution in [0.5, 0.6) is 0 Å². The molecule has 3 fully saturated rings. The molecule has 0 aromatic heterocycles. The summed E-state index contributed by atoms with van der Waals surface area (Å²) in [5.41, 5.74) is -1.07. The number of hydrogen-bond donors (Lipinski definition) is 2. The first-order chi connectivity index (χ1) is 8.62. The van der Waals surface area contributed by atoms with E-state index < -0.39 is 11.4 Å². The summed E-state index contributed by atoms with van der Waals surface area (Å²) in [5, 5.41) is 11.8. The smallest absolute Gasteiger partial charge is 0.319 e. The van der Waals surface area contributed by atoms with Crippen LogP contribution in [0.15, 0.2) is 0 Å². The summed E-state index contributed by atoms with van der Waals surface area (Å²) in [7, 11) is 0. The number of carbonyl (C=O) groups is 2. The second-order valence-corrected chi connectivity index (χ2v) is 6.37. The Kier molecular flexibility index (Phi) is 2.83. The topological polar surface area (TPSA) is 66.4 Å². The summed E-state index contributed by atoms with van der Waals surface area (Å²) >= 11 is 0. The molecule has 0 saturated heterocycles. The lowest BCUT2D eigenvalue weighted by molar-refractivity contribution is -0.149. The molecule has 3 rings (SSSR count). The lowest BCUT2D eigenvalue weighted by Crippen LogP contribution is -2.38. The van der Waals surface area contributed by atoms with Crippen molar-refractivity contribution in [1.29, 1.82) is 0 Å². The zero-order valence-corrected chi connectivity index (χ0v) is 10.7. The minimum absolute atomic E-state index is 0.266. The maximum Gasteiger partial charge on any atom is 0.319 e. The molecular weight excluding hydrogens is 230 g/mol. The average Bonchev–Trinajstić information content (AvgIpc) is 2.92. The molecule has 2 N–H and O–H groups in total. The number of amides is 1. The highest BCUT2D eigenvalue weighted by Gasteiger charge is 2.57. The van der Waals surface area contributed by atoms with Gasteiger partial charge in [0.2, 0.25) is 5.91 Å². The van der Waals surface area contributed by atoms with Gasteiger partial charge in [0.05, 0.1) is 0 Å². The van der Waals surface area contributed by atoms with Gasteiger partial charge in [-0.15, -0.1) is 0 Å². The van der Waals surface area contributed by atoms with E-state index in [4.69, 9.17) is 5.11 Å². The molecule has 0 radical (unpaired) electrons. The quantitative estimate of drug-likeness (QED) is 0.732. The zero-order chi connectivity index (χ0) is 12.8. The molecule has 4 heteroatoms. The van der Waals surface area contributed by atoms with Crippen molar-refractivity contribution in [3.8, 4) is 0 Å². The maximum absolute atomic E-state index is 11.8. The van der Waals surface area contributed by atoms with Gasteiger partial charge in [0, 0.05) is 6.54 Å². The number of carboxylic acid groups (broad SMARTS) is 1. The van der Waals surface area contributed by atoms with Gasteiger partial charge in [0.25, 0.3) is 0 Å². The fraction of sp³-hybridized carbons (Fsp3) is 0.857. The van der Waals surface area contributed by atoms with Crippen LogP contribution in [0.3, 0.4) is 0 Å². The molecule has 3 aliphatic carbocycles. The monoisotopic (exact) mass is 251 g/mol. The van der Waals surface area contributed by atoms with E-state index >= 15 is 0 Å². The third-order valence-corrected chi connectivity index (χ3v) is 5.28. The highest BCUT2D eigenvalue weighted by atomic mass is 16.4. The van der Waals surface area contributed by atoms with E-state index in [1.807, 2.05) is 0 Å². The highest BCUT2D eigenvalue weighted by molar-refractivity contribution is 6.04. The first kappa shape index (κ1) is 12.0. The first-order valence-electron chi connectivity index (χ1n) is 7.13. The second-order valence-electron chi connectivity index (χ2n) is 6.37. The van der Waals surface area contributed by atoms with Gasteiger partial charge in [0.1, 0.15) is 5.41 Å². The third kappa shape index (κ3) is 1.91. The van der Waals surface area contributed by atoms with Gasteiger partial charge in [-0.25, -0.2) is 0 Å². The number of hydrogen-bond acceptors (Lipinski definition) is 2. The molecule has 3 unspecified atom stereocenters. The Morgan fingerprint density at radius 3 is 2.50 bits per heavy atom. The van der Waals surface area contributed by atoms with E-state index in [0.717, 1.165) is 24.2 Å². The van der Waals surface area contributed by atoms with Gasteiger partial charge in [-0.3, -0.25) is 9.59 Å². The molecule has 2 bridgehead atoms. The number of carbonyl (C=O) groups excluding carboxylic acids is 1. The Balaban J connectivity index is 1.43. The van der Waals surface area contributed by atoms with E-state index in [1.54, 1.807) is 0 Å². The van der Waals surface area contributed by atoms with E-state index in [1.165, 1.54) is 25.7 Å². The SMILES string of the molecule is O=C(O)C1(C(=O)NCCC2CC3CCC2C3)CC1. The van der Waals surface area contributed by atoms with E-state index in [0.29, 0.717) is 19.4 Å². The van der Waals surface area contributed by atoms with Crippen LogP contribution in [0.25, 0.3) is 0 Å². The van der Waals surface area contributed by atoms with Crippen molar-refractivity contribution < 1.29 is 14.7 Å². The maximum atomic E-state index is 11.8. The van der Waals surface area contributed by atoms with Gasteiger partial charge in [0.15, 0.2) is 0 Å². The Morgan fingerprint density at radius 2 is 2.00 bits per heavy atom. The predicted molar refractivity (Wildman–Crippen MR) is 65.9 cm³/mol. The Bertz CT molecular complexity index is 375. The van der Waals surface area contributed by atoms with Crippen LogP contribution in [-0.4, -0.2) is 23.5 Å². The van der Waals surface area contributed by atoms with Crippen LogP contribution >= 0.6 is 0 Å². The van der Waals surface area contributed by atoms with Crippen LogP contribution < -0.4 is 5.32 Å². The minimum atomic E-state index is -1.07. The van der Waals surface area contributed by atoms with Gasteiger partial charge >= 0.3 is 5.97 Å². The fourth-order valence-electron chi connectivity index (χ4n) is 3.93. The Hall–Kier alpha value is -1.06. The fourth-order valence-corrected chi connectivity index (χ4v) is 3.93. The number of nitrogens with one attached hydrogen (secondary N) is 1. The van der Waals surface area contributed by atoms with Gasteiger partial charge < -0.3 is 10.4 Å². The number of aliphatic carboxylic acids is 1. The molecule has 1 amide bonds. The normalized spacial score (nSPS) is 35.4. The molecule has 3 atom stereocenters. The van der Waals surface area contributed by atoms with Crippen LogP contribution in [0, 0.1) is 23.2 Å². The summed E-state index contributed by atoms with van der Waals surface area (Å²) in [4.78, 5) is 22.8. The number of carboxylic acids is 1. The molecule has 3 aliphatic rings. The van der Waals surface area contributed by atoms with E-state index in [2.05, 4.69) is 5.32 Å². The third-order valence-electron chi connectivity index (χ3n) is 5.28. The van der Waals surface area contributed by atoms with Crippen molar-refractivity contribution in [2.45, 2.75) is 44.9 Å². The molecule has 0 heterocycles. The standard InChI is InChI=1S/C14H21NO3/c16-12(14(4-5-14)13(17)18)15-6-3-11-8-9-1-2-10(11)7-9/h9-11H,1-8H2,(H,15,16)(H,17,18). The predicted octanol–water partition coefficient (Wildman–Crippen LogP) is 1.79. The molecule has 0 aromatic rings. The molecule has 100 valence electrons. The van der Waals surface area contributed by atoms with Crippen molar-refractivity contribution in [3.63, 3.8) is 0 Å². The largest absolute Gasteiger partial charge is 0.480 e. The van der Waals surface area contributed by atoms with Gasteiger partial charge in [-0.1, -0.05) is 6.42 Å². The lowest BCUT2D eigenvalue weighted by Gasteiger charge is -2.21. The van der Waals surface area contributed by atoms with Gasteiger partial charge in [-0.2, -0.15) is 0 Å². The van der Waals surface area contributed by atoms with E-state index in [9.17, 15) is 9.59 Å². The highest BCUT2D eigenvalue weighted by Crippen LogP contribution is 2.49. The van der Waals surface area contributed by atoms with Crippen molar-refractivity contribution in [2.24, 2.45) is 23.2 Å². The minimum Gasteiger partial charge on any atom is -0.480 e. The first-order valence-corrected chi connectivity index (χ1v) is 7.13. The lowest BCUT2D eigenvalue weighted by atomic mass is 9.86. The summed E-state index contributed by atoms with van der Waals surface area (Å²) in [6.45, 7) is 0.655. The van der Waals surface area contributed by atoms with Crippen molar-refractivity contribution in [2.75, 3.05) is 6.54 Å².